The van der Waals surface area contributed by atoms with E-state index >= 15 is 0 Å². The number of methoxy groups -OCH3 is 1. The summed E-state index contributed by atoms with van der Waals surface area (Å²) in [6, 6.07) is 3.79. The van der Waals surface area contributed by atoms with Crippen molar-refractivity contribution in [3.05, 3.63) is 23.8 Å². The molecule has 0 saturated heterocycles. The minimum Gasteiger partial charge on any atom is -0.495 e. The predicted molar refractivity (Wildman–Crippen MR) is 74.7 cm³/mol. The second kappa shape index (κ2) is 6.71. The second-order valence-electron chi connectivity index (χ2n) is 4.35. The summed E-state index contributed by atoms with van der Waals surface area (Å²) in [4.78, 5) is 10.8. The topological polar surface area (TPSA) is 83.9 Å². The summed E-state index contributed by atoms with van der Waals surface area (Å²) in [7, 11) is -0.947. The lowest BCUT2D eigenvalue weighted by molar-refractivity contribution is 0.0696. The van der Waals surface area contributed by atoms with Gasteiger partial charge in [0.2, 0.25) is 10.0 Å². The van der Waals surface area contributed by atoms with E-state index in [-0.39, 0.29) is 16.2 Å². The van der Waals surface area contributed by atoms with Crippen molar-refractivity contribution in [2.75, 3.05) is 20.7 Å². The minimum atomic E-state index is -3.76. The zero-order valence-corrected chi connectivity index (χ0v) is 12.6. The summed E-state index contributed by atoms with van der Waals surface area (Å²) in [6.45, 7) is 2.34. The molecule has 1 aromatic carbocycles. The van der Waals surface area contributed by atoms with E-state index < -0.39 is 16.0 Å². The molecule has 1 aromatic rings. The van der Waals surface area contributed by atoms with Gasteiger partial charge in [0.05, 0.1) is 12.7 Å². The third kappa shape index (κ3) is 3.49. The van der Waals surface area contributed by atoms with Gasteiger partial charge in [-0.05, 0) is 24.6 Å². The smallest absolute Gasteiger partial charge is 0.335 e. The molecule has 0 bridgehead atoms. The molecular formula is C13H19NO5S. The van der Waals surface area contributed by atoms with Gasteiger partial charge in [-0.25, -0.2) is 17.5 Å². The van der Waals surface area contributed by atoms with E-state index in [1.807, 2.05) is 6.92 Å². The standard InChI is InChI=1S/C13H19NO5S/c1-4-5-8-14(2)20(17,18)12-9-10(13(15)16)6-7-11(12)19-3/h6-7,9H,4-5,8H2,1-3H3,(H,15,16). The molecule has 7 heteroatoms. The zero-order chi connectivity index (χ0) is 15.3. The number of carboxylic acid groups (broad SMARTS) is 1. The maximum Gasteiger partial charge on any atom is 0.335 e. The first-order chi connectivity index (χ1) is 9.34. The summed E-state index contributed by atoms with van der Waals surface area (Å²) in [6.07, 6.45) is 1.60. The average molecular weight is 301 g/mol. The van der Waals surface area contributed by atoms with Crippen LogP contribution in [0.1, 0.15) is 30.1 Å². The molecule has 0 aromatic heterocycles. The number of ether oxygens (including phenoxy) is 1. The Morgan fingerprint density at radius 3 is 2.55 bits per heavy atom. The van der Waals surface area contributed by atoms with Gasteiger partial charge in [0.1, 0.15) is 10.6 Å². The highest BCUT2D eigenvalue weighted by atomic mass is 32.2. The fraction of sp³-hybridized carbons (Fsp3) is 0.462. The van der Waals surface area contributed by atoms with Crippen LogP contribution in [0.5, 0.6) is 5.75 Å². The lowest BCUT2D eigenvalue weighted by atomic mass is 10.2. The zero-order valence-electron chi connectivity index (χ0n) is 11.8. The molecular weight excluding hydrogens is 282 g/mol. The van der Waals surface area contributed by atoms with Gasteiger partial charge in [-0.3, -0.25) is 0 Å². The number of sulfonamides is 1. The lowest BCUT2D eigenvalue weighted by Crippen LogP contribution is -2.28. The predicted octanol–water partition coefficient (Wildman–Crippen LogP) is 1.81. The van der Waals surface area contributed by atoms with Crippen LogP contribution >= 0.6 is 0 Å². The number of rotatable bonds is 7. The Bertz CT molecular complexity index is 582. The monoisotopic (exact) mass is 301 g/mol. The van der Waals surface area contributed by atoms with Crippen molar-refractivity contribution >= 4 is 16.0 Å². The average Bonchev–Trinajstić information content (AvgIpc) is 2.43. The molecule has 0 saturated carbocycles. The van der Waals surface area contributed by atoms with Crippen LogP contribution in [0, 0.1) is 0 Å². The van der Waals surface area contributed by atoms with Crippen LogP contribution in [-0.2, 0) is 10.0 Å². The number of benzene rings is 1. The highest BCUT2D eigenvalue weighted by Gasteiger charge is 2.25. The van der Waals surface area contributed by atoms with Crippen LogP contribution < -0.4 is 4.74 Å². The second-order valence-corrected chi connectivity index (χ2v) is 6.36. The van der Waals surface area contributed by atoms with Gasteiger partial charge in [-0.2, -0.15) is 0 Å². The molecule has 6 nitrogen and oxygen atoms in total. The molecule has 0 atom stereocenters. The third-order valence-corrected chi connectivity index (χ3v) is 4.80. The highest BCUT2D eigenvalue weighted by Crippen LogP contribution is 2.27. The molecule has 0 heterocycles. The summed E-state index contributed by atoms with van der Waals surface area (Å²) in [5.41, 5.74) is -0.0896. The Hall–Kier alpha value is -1.60. The first kappa shape index (κ1) is 16.5. The number of carboxylic acids is 1. The molecule has 1 N–H and O–H groups in total. The fourth-order valence-electron chi connectivity index (χ4n) is 1.68. The van der Waals surface area contributed by atoms with Crippen molar-refractivity contribution in [3.8, 4) is 5.75 Å². The maximum atomic E-state index is 12.4. The van der Waals surface area contributed by atoms with E-state index in [0.717, 1.165) is 18.9 Å². The van der Waals surface area contributed by atoms with Crippen molar-refractivity contribution in [1.82, 2.24) is 4.31 Å². The van der Waals surface area contributed by atoms with E-state index in [0.29, 0.717) is 6.54 Å². The SMILES string of the molecule is CCCCN(C)S(=O)(=O)c1cc(C(=O)O)ccc1OC. The van der Waals surface area contributed by atoms with E-state index in [1.165, 1.54) is 30.6 Å². The molecule has 0 aliphatic heterocycles. The summed E-state index contributed by atoms with van der Waals surface area (Å²) in [5, 5.41) is 8.97. The molecule has 112 valence electrons. The summed E-state index contributed by atoms with van der Waals surface area (Å²) < 4.78 is 31.1. The van der Waals surface area contributed by atoms with Crippen molar-refractivity contribution in [2.24, 2.45) is 0 Å². The molecule has 0 radical (unpaired) electrons. The first-order valence-electron chi connectivity index (χ1n) is 6.22. The van der Waals surface area contributed by atoms with Crippen molar-refractivity contribution in [3.63, 3.8) is 0 Å². The fourth-order valence-corrected chi connectivity index (χ4v) is 3.07. The maximum absolute atomic E-state index is 12.4. The molecule has 0 amide bonds. The van der Waals surface area contributed by atoms with Crippen LogP contribution in [-0.4, -0.2) is 44.5 Å². The van der Waals surface area contributed by atoms with Crippen LogP contribution in [0.2, 0.25) is 0 Å². The number of hydrogen-bond donors (Lipinski definition) is 1. The van der Waals surface area contributed by atoms with Gasteiger partial charge in [0.25, 0.3) is 0 Å². The molecule has 1 rings (SSSR count). The van der Waals surface area contributed by atoms with E-state index in [2.05, 4.69) is 0 Å². The Morgan fingerprint density at radius 2 is 2.05 bits per heavy atom. The molecule has 0 unspecified atom stereocenters. The van der Waals surface area contributed by atoms with Gasteiger partial charge in [0.15, 0.2) is 0 Å². The first-order valence-corrected chi connectivity index (χ1v) is 7.66. The van der Waals surface area contributed by atoms with Crippen LogP contribution in [0.3, 0.4) is 0 Å². The van der Waals surface area contributed by atoms with Crippen molar-refractivity contribution < 1.29 is 23.1 Å². The number of nitrogens with zero attached hydrogens (tertiary/aromatic N) is 1. The van der Waals surface area contributed by atoms with Crippen molar-refractivity contribution in [1.29, 1.82) is 0 Å². The quantitative estimate of drug-likeness (QED) is 0.830. The molecule has 20 heavy (non-hydrogen) atoms. The molecule has 0 spiro atoms. The van der Waals surface area contributed by atoms with Gasteiger partial charge >= 0.3 is 5.97 Å². The molecule has 0 fully saturated rings. The summed E-state index contributed by atoms with van der Waals surface area (Å²) >= 11 is 0. The van der Waals surface area contributed by atoms with Crippen LogP contribution in [0.4, 0.5) is 0 Å². The van der Waals surface area contributed by atoms with Gasteiger partial charge in [-0.1, -0.05) is 13.3 Å². The highest BCUT2D eigenvalue weighted by molar-refractivity contribution is 7.89. The summed E-state index contributed by atoms with van der Waals surface area (Å²) in [5.74, 6) is -1.04. The van der Waals surface area contributed by atoms with Crippen LogP contribution in [0.25, 0.3) is 0 Å². The normalized spacial score (nSPS) is 11.6. The Kier molecular flexibility index (Phi) is 5.52. The van der Waals surface area contributed by atoms with Gasteiger partial charge in [0, 0.05) is 13.6 Å². The molecule has 0 aliphatic rings. The minimum absolute atomic E-state index is 0.0896. The number of carbonyl (C=O) groups is 1. The number of aromatic carboxylic acids is 1. The van der Waals surface area contributed by atoms with Gasteiger partial charge in [-0.15, -0.1) is 0 Å². The van der Waals surface area contributed by atoms with Gasteiger partial charge < -0.3 is 9.84 Å². The van der Waals surface area contributed by atoms with E-state index in [1.54, 1.807) is 0 Å². The Morgan fingerprint density at radius 1 is 1.40 bits per heavy atom. The van der Waals surface area contributed by atoms with E-state index in [9.17, 15) is 13.2 Å². The Labute approximate surface area is 119 Å². The number of hydrogen-bond acceptors (Lipinski definition) is 4. The molecule has 0 aliphatic carbocycles. The third-order valence-electron chi connectivity index (χ3n) is 2.93. The largest absolute Gasteiger partial charge is 0.495 e. The Balaban J connectivity index is 3.27. The van der Waals surface area contributed by atoms with Crippen LogP contribution in [0.15, 0.2) is 23.1 Å². The lowest BCUT2D eigenvalue weighted by Gasteiger charge is -2.18. The number of unbranched alkanes of at least 4 members (excludes halogenated alkanes) is 1. The van der Waals surface area contributed by atoms with E-state index in [4.69, 9.17) is 9.84 Å². The van der Waals surface area contributed by atoms with Crippen molar-refractivity contribution in [2.45, 2.75) is 24.7 Å².